The topological polar surface area (TPSA) is 78.9 Å². The van der Waals surface area contributed by atoms with E-state index >= 15 is 0 Å². The van der Waals surface area contributed by atoms with Crippen molar-refractivity contribution in [3.63, 3.8) is 0 Å². The van der Waals surface area contributed by atoms with E-state index in [9.17, 15) is 14.4 Å². The largest absolute Gasteiger partial charge is 0.462 e. The molecule has 0 heterocycles. The van der Waals surface area contributed by atoms with Crippen LogP contribution in [0.15, 0.2) is 72.9 Å². The number of allylic oxidation sites excluding steroid dienone is 12. The second-order valence-electron chi connectivity index (χ2n) is 17.8. The lowest BCUT2D eigenvalue weighted by molar-refractivity contribution is -0.167. The number of carbonyl (C=O) groups is 3. The van der Waals surface area contributed by atoms with Crippen LogP contribution >= 0.6 is 0 Å². The van der Waals surface area contributed by atoms with Crippen LogP contribution in [-0.4, -0.2) is 37.2 Å². The number of ether oxygens (including phenoxy) is 3. The average molecular weight is 893 g/mol. The Labute approximate surface area is 395 Å². The highest BCUT2D eigenvalue weighted by molar-refractivity contribution is 5.71. The van der Waals surface area contributed by atoms with E-state index in [1.54, 1.807) is 0 Å². The highest BCUT2D eigenvalue weighted by Crippen LogP contribution is 2.14. The maximum Gasteiger partial charge on any atom is 0.306 e. The molecule has 0 aromatic carbocycles. The smallest absolute Gasteiger partial charge is 0.306 e. The second kappa shape index (κ2) is 52.5. The lowest BCUT2D eigenvalue weighted by atomic mass is 10.1. The van der Waals surface area contributed by atoms with Crippen LogP contribution in [-0.2, 0) is 28.6 Å². The van der Waals surface area contributed by atoms with Crippen molar-refractivity contribution in [2.24, 2.45) is 0 Å². The van der Waals surface area contributed by atoms with E-state index in [-0.39, 0.29) is 37.5 Å². The molecule has 0 aliphatic carbocycles. The van der Waals surface area contributed by atoms with Gasteiger partial charge in [0.1, 0.15) is 13.2 Å². The molecule has 0 radical (unpaired) electrons. The first-order valence-corrected chi connectivity index (χ1v) is 27.0. The minimum Gasteiger partial charge on any atom is -0.462 e. The molecule has 1 atom stereocenters. The van der Waals surface area contributed by atoms with Crippen molar-refractivity contribution >= 4 is 17.9 Å². The molecule has 6 nitrogen and oxygen atoms in total. The molecule has 1 unspecified atom stereocenters. The summed E-state index contributed by atoms with van der Waals surface area (Å²) in [6, 6.07) is 0. The molecule has 0 spiro atoms. The van der Waals surface area contributed by atoms with E-state index in [1.165, 1.54) is 116 Å². The molecular formula is C58H100O6. The van der Waals surface area contributed by atoms with Crippen molar-refractivity contribution in [1.29, 1.82) is 0 Å². The summed E-state index contributed by atoms with van der Waals surface area (Å²) in [7, 11) is 0. The number of hydrogen-bond acceptors (Lipinski definition) is 6. The van der Waals surface area contributed by atoms with Crippen LogP contribution in [0.3, 0.4) is 0 Å². The Morgan fingerprint density at radius 3 is 1.05 bits per heavy atom. The summed E-state index contributed by atoms with van der Waals surface area (Å²) < 4.78 is 16.8. The molecule has 0 bridgehead atoms. The average Bonchev–Trinajstić information content (AvgIpc) is 3.29. The standard InChI is InChI=1S/C58H100O6/c1-4-7-10-13-16-19-22-25-28-30-33-36-39-42-45-48-51-57(60)63-54-55(53-62-56(59)50-47-44-41-38-35-32-27-24-21-18-15-12-9-6-3)64-58(61)52-49-46-43-40-37-34-31-29-26-23-20-17-14-11-8-5-2/h9,12,18,21,28-31,33-34,36-37,55H,4-8,10-11,13-17,19-20,22-27,32,35,38-54H2,1-3H3/b12-9-,21-18-,30-28-,31-29-,36-33-,37-34-. The summed E-state index contributed by atoms with van der Waals surface area (Å²) in [5.74, 6) is -0.957. The quantitative estimate of drug-likeness (QED) is 0.0199. The van der Waals surface area contributed by atoms with Crippen molar-refractivity contribution in [2.45, 2.75) is 264 Å². The van der Waals surface area contributed by atoms with Gasteiger partial charge < -0.3 is 14.2 Å². The maximum atomic E-state index is 12.8. The second-order valence-corrected chi connectivity index (χ2v) is 17.8. The van der Waals surface area contributed by atoms with Gasteiger partial charge in [0.05, 0.1) is 0 Å². The van der Waals surface area contributed by atoms with Crippen LogP contribution in [0.5, 0.6) is 0 Å². The first-order chi connectivity index (χ1) is 31.5. The molecule has 0 aromatic heterocycles. The van der Waals surface area contributed by atoms with Crippen LogP contribution in [0.25, 0.3) is 0 Å². The molecule has 0 aliphatic rings. The third-order valence-electron chi connectivity index (χ3n) is 11.5. The highest BCUT2D eigenvalue weighted by atomic mass is 16.6. The van der Waals surface area contributed by atoms with E-state index in [1.807, 2.05) is 0 Å². The Morgan fingerprint density at radius 1 is 0.344 bits per heavy atom. The molecule has 0 N–H and O–H groups in total. The van der Waals surface area contributed by atoms with Crippen LogP contribution in [0.1, 0.15) is 258 Å². The van der Waals surface area contributed by atoms with Gasteiger partial charge in [-0.05, 0) is 96.3 Å². The number of unbranched alkanes of at least 4 members (excludes halogenated alkanes) is 27. The number of rotatable bonds is 48. The molecule has 0 saturated heterocycles. The first kappa shape index (κ1) is 60.9. The van der Waals surface area contributed by atoms with Gasteiger partial charge in [-0.2, -0.15) is 0 Å². The summed E-state index contributed by atoms with van der Waals surface area (Å²) in [4.78, 5) is 38.0. The summed E-state index contributed by atoms with van der Waals surface area (Å²) in [5.41, 5.74) is 0. The fraction of sp³-hybridized carbons (Fsp3) is 0.741. The van der Waals surface area contributed by atoms with Crippen LogP contribution in [0.2, 0.25) is 0 Å². The lowest BCUT2D eigenvalue weighted by Gasteiger charge is -2.18. The Bertz CT molecular complexity index is 1210. The predicted octanol–water partition coefficient (Wildman–Crippen LogP) is 17.8. The zero-order valence-electron chi connectivity index (χ0n) is 42.0. The molecule has 64 heavy (non-hydrogen) atoms. The SMILES string of the molecule is CC/C=C\C/C=C\CCCCCCCCCC(=O)OCC(COC(=O)CCCCC/C=C\C=C/CCCCCCCCC)OC(=O)CCCCC/C=C\C=C/CCCCCCCCC. The van der Waals surface area contributed by atoms with Gasteiger partial charge >= 0.3 is 17.9 Å². The van der Waals surface area contributed by atoms with Gasteiger partial charge in [0, 0.05) is 19.3 Å². The van der Waals surface area contributed by atoms with Gasteiger partial charge in [-0.3, -0.25) is 14.4 Å². The van der Waals surface area contributed by atoms with Crippen molar-refractivity contribution in [2.75, 3.05) is 13.2 Å². The number of esters is 3. The monoisotopic (exact) mass is 893 g/mol. The van der Waals surface area contributed by atoms with E-state index in [0.717, 1.165) is 103 Å². The van der Waals surface area contributed by atoms with E-state index < -0.39 is 6.10 Å². The number of hydrogen-bond donors (Lipinski definition) is 0. The van der Waals surface area contributed by atoms with Crippen LogP contribution < -0.4 is 0 Å². The minimum atomic E-state index is -0.803. The maximum absolute atomic E-state index is 12.8. The molecule has 0 aliphatic heterocycles. The Balaban J connectivity index is 4.48. The van der Waals surface area contributed by atoms with Crippen LogP contribution in [0, 0.1) is 0 Å². The van der Waals surface area contributed by atoms with E-state index in [2.05, 4.69) is 93.7 Å². The zero-order valence-corrected chi connectivity index (χ0v) is 42.0. The van der Waals surface area contributed by atoms with Gasteiger partial charge in [0.15, 0.2) is 6.10 Å². The molecular weight excluding hydrogens is 793 g/mol. The molecule has 0 saturated carbocycles. The fourth-order valence-electron chi connectivity index (χ4n) is 7.40. The zero-order chi connectivity index (χ0) is 46.5. The normalized spacial score (nSPS) is 12.6. The molecule has 0 fully saturated rings. The van der Waals surface area contributed by atoms with Gasteiger partial charge in [0.2, 0.25) is 0 Å². The third-order valence-corrected chi connectivity index (χ3v) is 11.5. The molecule has 368 valence electrons. The van der Waals surface area contributed by atoms with Gasteiger partial charge in [-0.25, -0.2) is 0 Å². The fourth-order valence-corrected chi connectivity index (χ4v) is 7.40. The van der Waals surface area contributed by atoms with E-state index in [4.69, 9.17) is 14.2 Å². The van der Waals surface area contributed by atoms with Crippen molar-refractivity contribution in [3.8, 4) is 0 Å². The predicted molar refractivity (Wildman–Crippen MR) is 274 cm³/mol. The third kappa shape index (κ3) is 49.9. The lowest BCUT2D eigenvalue weighted by Crippen LogP contribution is -2.30. The van der Waals surface area contributed by atoms with Crippen molar-refractivity contribution in [1.82, 2.24) is 0 Å². The molecule has 0 amide bonds. The van der Waals surface area contributed by atoms with Gasteiger partial charge in [-0.1, -0.05) is 216 Å². The Morgan fingerprint density at radius 2 is 0.656 bits per heavy atom. The first-order valence-electron chi connectivity index (χ1n) is 27.0. The summed E-state index contributed by atoms with van der Waals surface area (Å²) in [5, 5.41) is 0. The number of carbonyl (C=O) groups excluding carboxylic acids is 3. The van der Waals surface area contributed by atoms with Gasteiger partial charge in [-0.15, -0.1) is 0 Å². The molecule has 6 heteroatoms. The van der Waals surface area contributed by atoms with Crippen LogP contribution in [0.4, 0.5) is 0 Å². The Hall–Kier alpha value is -3.15. The summed E-state index contributed by atoms with van der Waals surface area (Å²) in [6.07, 6.45) is 66.0. The molecule has 0 rings (SSSR count). The van der Waals surface area contributed by atoms with Crippen molar-refractivity contribution < 1.29 is 28.6 Å². The highest BCUT2D eigenvalue weighted by Gasteiger charge is 2.19. The van der Waals surface area contributed by atoms with Gasteiger partial charge in [0.25, 0.3) is 0 Å². The Kier molecular flexibility index (Phi) is 49.9. The summed E-state index contributed by atoms with van der Waals surface area (Å²) >= 11 is 0. The molecule has 0 aromatic rings. The van der Waals surface area contributed by atoms with Crippen molar-refractivity contribution in [3.05, 3.63) is 72.9 Å². The minimum absolute atomic E-state index is 0.0989. The van der Waals surface area contributed by atoms with E-state index in [0.29, 0.717) is 12.8 Å². The summed E-state index contributed by atoms with van der Waals surface area (Å²) in [6.45, 7) is 6.48.